The van der Waals surface area contributed by atoms with E-state index in [1.54, 1.807) is 29.1 Å². The van der Waals surface area contributed by atoms with Crippen molar-refractivity contribution >= 4 is 44.8 Å². The maximum Gasteiger partial charge on any atom is 0.427 e. The second kappa shape index (κ2) is 11.9. The molecule has 1 aromatic carbocycles. The van der Waals surface area contributed by atoms with E-state index in [1.807, 2.05) is 0 Å². The normalized spacial score (nSPS) is 20.1. The van der Waals surface area contributed by atoms with Gasteiger partial charge in [0.15, 0.2) is 5.01 Å². The number of sulfonamides is 1. The number of fused-ring (bicyclic) bond motifs is 2. The Hall–Kier alpha value is -3.50. The van der Waals surface area contributed by atoms with Crippen LogP contribution in [-0.4, -0.2) is 61.5 Å². The first-order chi connectivity index (χ1) is 22.0. The number of rotatable bonds is 8. The van der Waals surface area contributed by atoms with Crippen molar-refractivity contribution in [2.45, 2.75) is 62.2 Å². The second-order valence-corrected chi connectivity index (χ2v) is 15.6. The molecule has 6 rings (SSSR count). The third-order valence-corrected chi connectivity index (χ3v) is 11.5. The van der Waals surface area contributed by atoms with Crippen molar-refractivity contribution in [1.82, 2.24) is 24.1 Å². The number of Topliss-reactive ketones (excluding diaryl/α,β-unsaturated/α-hetero) is 1. The molecule has 0 bridgehead atoms. The van der Waals surface area contributed by atoms with Gasteiger partial charge >= 0.3 is 6.18 Å². The molecule has 3 aromatic heterocycles. The highest BCUT2D eigenvalue weighted by molar-refractivity contribution is 7.89. The Morgan fingerprint density at radius 2 is 1.85 bits per heavy atom. The molecule has 0 unspecified atom stereocenters. The van der Waals surface area contributed by atoms with Crippen LogP contribution in [-0.2, 0) is 22.6 Å². The minimum Gasteiger partial charge on any atom is -0.389 e. The van der Waals surface area contributed by atoms with Crippen molar-refractivity contribution in [3.8, 4) is 5.69 Å². The van der Waals surface area contributed by atoms with Crippen LogP contribution in [0, 0.1) is 11.2 Å². The number of benzene rings is 1. The molecular formula is C31H28ClF4N5O4S2. The van der Waals surface area contributed by atoms with E-state index in [0.717, 1.165) is 10.5 Å². The Morgan fingerprint density at radius 1 is 1.13 bits per heavy atom. The molecule has 1 N–H and O–H groups in total. The largest absolute Gasteiger partial charge is 0.427 e. The zero-order chi connectivity index (χ0) is 33.9. The summed E-state index contributed by atoms with van der Waals surface area (Å²) in [5.41, 5.74) is -0.597. The zero-order valence-corrected chi connectivity index (χ0v) is 27.4. The van der Waals surface area contributed by atoms with Crippen molar-refractivity contribution < 1.29 is 35.9 Å². The predicted octanol–water partition coefficient (Wildman–Crippen LogP) is 6.36. The summed E-state index contributed by atoms with van der Waals surface area (Å²) in [4.78, 5) is 21.0. The summed E-state index contributed by atoms with van der Waals surface area (Å²) >= 11 is 6.14. The SMILES string of the molecule is CC(C)(O)CN([C@H]1CCC2=Cc3c(cnn3-c3ccc(F)cc3)C[C@]2(C(=O)c2ncc(C(F)(F)F)s2)C1)S(=O)(=O)c1ccc(Cl)nc1. The van der Waals surface area contributed by atoms with Crippen molar-refractivity contribution in [3.63, 3.8) is 0 Å². The Morgan fingerprint density at radius 3 is 2.47 bits per heavy atom. The van der Waals surface area contributed by atoms with E-state index < -0.39 is 49.7 Å². The van der Waals surface area contributed by atoms with Crippen LogP contribution in [0.2, 0.25) is 5.15 Å². The highest BCUT2D eigenvalue weighted by Crippen LogP contribution is 2.52. The minimum absolute atomic E-state index is 0.00450. The van der Waals surface area contributed by atoms with E-state index in [9.17, 15) is 35.9 Å². The fourth-order valence-electron chi connectivity index (χ4n) is 6.27. The number of aromatic nitrogens is 4. The van der Waals surface area contributed by atoms with E-state index in [0.29, 0.717) is 28.7 Å². The second-order valence-electron chi connectivity index (χ2n) is 12.3. The van der Waals surface area contributed by atoms with E-state index >= 15 is 0 Å². The van der Waals surface area contributed by atoms with Gasteiger partial charge in [0.2, 0.25) is 15.8 Å². The monoisotopic (exact) mass is 709 g/mol. The fourth-order valence-corrected chi connectivity index (χ4v) is 8.96. The fraction of sp³-hybridized carbons (Fsp3) is 0.355. The van der Waals surface area contributed by atoms with Crippen molar-refractivity contribution in [2.75, 3.05) is 6.54 Å². The van der Waals surface area contributed by atoms with Gasteiger partial charge < -0.3 is 5.11 Å². The molecule has 4 aromatic rings. The molecule has 16 heteroatoms. The van der Waals surface area contributed by atoms with Crippen LogP contribution in [0.1, 0.15) is 59.0 Å². The number of alkyl halides is 3. The summed E-state index contributed by atoms with van der Waals surface area (Å²) in [7, 11) is -4.30. The molecule has 0 aliphatic heterocycles. The standard InChI is InChI=1S/C31H28ClF4N5O4S2/c1-29(2,43)17-40(47(44,45)23-9-10-26(32)37-15-23)22-6-3-19-11-24-18(14-39-41(24)21-7-4-20(33)5-8-21)12-30(19,13-22)27(42)28-38-16-25(46-28)31(34,35)36/h4-5,7-11,14-16,22,43H,3,6,12-13,17H2,1-2H3/t22-,30-/m0/s1. The van der Waals surface area contributed by atoms with Gasteiger partial charge in [0, 0.05) is 18.8 Å². The lowest BCUT2D eigenvalue weighted by atomic mass is 9.61. The summed E-state index contributed by atoms with van der Waals surface area (Å²) in [6, 6.07) is 7.43. The summed E-state index contributed by atoms with van der Waals surface area (Å²) in [5, 5.41) is 15.0. The third-order valence-electron chi connectivity index (χ3n) is 8.38. The molecule has 1 saturated carbocycles. The number of aliphatic hydroxyl groups is 1. The third kappa shape index (κ3) is 6.38. The van der Waals surface area contributed by atoms with Gasteiger partial charge in [-0.1, -0.05) is 17.2 Å². The molecule has 0 spiro atoms. The van der Waals surface area contributed by atoms with Crippen molar-refractivity contribution in [2.24, 2.45) is 5.41 Å². The summed E-state index contributed by atoms with van der Waals surface area (Å²) in [5.74, 6) is -1.10. The number of halogens is 5. The first kappa shape index (κ1) is 33.4. The number of hydrogen-bond acceptors (Lipinski definition) is 8. The van der Waals surface area contributed by atoms with Crippen LogP contribution >= 0.6 is 22.9 Å². The molecule has 0 radical (unpaired) electrons. The highest BCUT2D eigenvalue weighted by atomic mass is 35.5. The average molecular weight is 710 g/mol. The van der Waals surface area contributed by atoms with Crippen LogP contribution in [0.3, 0.4) is 0 Å². The number of carbonyl (C=O) groups is 1. The summed E-state index contributed by atoms with van der Waals surface area (Å²) < 4.78 is 85.3. The molecule has 2 atom stereocenters. The van der Waals surface area contributed by atoms with Gasteiger partial charge in [-0.05, 0) is 87.6 Å². The smallest absolute Gasteiger partial charge is 0.389 e. The van der Waals surface area contributed by atoms with Crippen LogP contribution < -0.4 is 0 Å². The number of allylic oxidation sites excluding steroid dienone is 1. The average Bonchev–Trinajstić information content (AvgIpc) is 3.66. The number of pyridine rings is 1. The Kier molecular flexibility index (Phi) is 8.44. The molecule has 248 valence electrons. The van der Waals surface area contributed by atoms with Crippen LogP contribution in [0.5, 0.6) is 0 Å². The minimum atomic E-state index is -4.71. The van der Waals surface area contributed by atoms with Crippen molar-refractivity contribution in [3.05, 3.63) is 92.7 Å². The van der Waals surface area contributed by atoms with Crippen LogP contribution in [0.25, 0.3) is 11.8 Å². The highest BCUT2D eigenvalue weighted by Gasteiger charge is 2.53. The van der Waals surface area contributed by atoms with Crippen molar-refractivity contribution in [1.29, 1.82) is 0 Å². The lowest BCUT2D eigenvalue weighted by molar-refractivity contribution is -0.134. The maximum atomic E-state index is 14.5. The van der Waals surface area contributed by atoms with E-state index in [-0.39, 0.29) is 58.6 Å². The number of nitrogens with zero attached hydrogens (tertiary/aromatic N) is 5. The first-order valence-corrected chi connectivity index (χ1v) is 17.1. The molecule has 0 saturated heterocycles. The van der Waals surface area contributed by atoms with Gasteiger partial charge in [-0.15, -0.1) is 11.3 Å². The molecule has 9 nitrogen and oxygen atoms in total. The number of thiazole rings is 1. The number of hydrogen-bond donors (Lipinski definition) is 1. The lowest BCUT2D eigenvalue weighted by Crippen LogP contribution is -2.53. The van der Waals surface area contributed by atoms with E-state index in [1.165, 1.54) is 38.1 Å². The van der Waals surface area contributed by atoms with Gasteiger partial charge in [-0.25, -0.2) is 27.5 Å². The Bertz CT molecular complexity index is 1970. The van der Waals surface area contributed by atoms with Gasteiger partial charge in [0.25, 0.3) is 0 Å². The van der Waals surface area contributed by atoms with Gasteiger partial charge in [-0.2, -0.15) is 22.6 Å². The van der Waals surface area contributed by atoms with Gasteiger partial charge in [0.1, 0.15) is 20.7 Å². The predicted molar refractivity (Wildman–Crippen MR) is 166 cm³/mol. The maximum absolute atomic E-state index is 14.5. The molecule has 3 heterocycles. The van der Waals surface area contributed by atoms with Crippen LogP contribution in [0.4, 0.5) is 17.6 Å². The van der Waals surface area contributed by atoms with Crippen LogP contribution in [0.15, 0.2) is 65.5 Å². The van der Waals surface area contributed by atoms with E-state index in [4.69, 9.17) is 11.6 Å². The van der Waals surface area contributed by atoms with Gasteiger partial charge in [-0.3, -0.25) is 4.79 Å². The molecule has 1 fully saturated rings. The molecular weight excluding hydrogens is 682 g/mol. The quantitative estimate of drug-likeness (QED) is 0.129. The molecule has 0 amide bonds. The topological polar surface area (TPSA) is 118 Å². The van der Waals surface area contributed by atoms with Gasteiger partial charge in [0.05, 0.1) is 34.8 Å². The number of ketones is 1. The summed E-state index contributed by atoms with van der Waals surface area (Å²) in [6.45, 7) is 2.57. The Labute approximate surface area is 276 Å². The molecule has 47 heavy (non-hydrogen) atoms. The molecule has 2 aliphatic rings. The lowest BCUT2D eigenvalue weighted by Gasteiger charge is -2.47. The zero-order valence-electron chi connectivity index (χ0n) is 25.0. The first-order valence-electron chi connectivity index (χ1n) is 14.5. The Balaban J connectivity index is 1.46. The number of carbonyl (C=O) groups excluding carboxylic acids is 1. The summed E-state index contributed by atoms with van der Waals surface area (Å²) in [6.07, 6.45) is 0.675. The molecule has 2 aliphatic carbocycles. The van der Waals surface area contributed by atoms with E-state index in [2.05, 4.69) is 15.1 Å².